The zero-order chi connectivity index (χ0) is 19.9. The van der Waals surface area contributed by atoms with Crippen LogP contribution < -0.4 is 10.1 Å². The van der Waals surface area contributed by atoms with Gasteiger partial charge < -0.3 is 15.0 Å². The van der Waals surface area contributed by atoms with E-state index in [4.69, 9.17) is 4.74 Å². The predicted octanol–water partition coefficient (Wildman–Crippen LogP) is 3.60. The number of nitrogens with one attached hydrogen (secondary N) is 1. The number of aliphatic imine (C=N–C) groups is 1. The van der Waals surface area contributed by atoms with Crippen molar-refractivity contribution >= 4 is 17.3 Å². The highest BCUT2D eigenvalue weighted by atomic mass is 32.1. The van der Waals surface area contributed by atoms with Crippen LogP contribution in [0.3, 0.4) is 0 Å². The van der Waals surface area contributed by atoms with Crippen molar-refractivity contribution < 1.29 is 17.9 Å². The third-order valence-electron chi connectivity index (χ3n) is 3.75. The number of guanidine groups is 1. The molecule has 0 unspecified atom stereocenters. The standard InChI is InChI=1S/C18H23F3N4OS/c1-13-4-6-14(7-5-13)26-11-10-25(3)17(22-2)23-9-8-16-24-15(12-27-16)18(19,20)21/h4-7,12H,8-11H2,1-3H3,(H,22,23). The van der Waals surface area contributed by atoms with Crippen LogP contribution in [0.5, 0.6) is 5.75 Å². The lowest BCUT2D eigenvalue weighted by Crippen LogP contribution is -2.41. The summed E-state index contributed by atoms with van der Waals surface area (Å²) in [5.74, 6) is 1.45. The van der Waals surface area contributed by atoms with Crippen LogP contribution in [0, 0.1) is 6.92 Å². The number of aryl methyl sites for hydroxylation is 1. The number of alkyl halides is 3. The molecule has 1 N–H and O–H groups in total. The fraction of sp³-hybridized carbons (Fsp3) is 0.444. The molecule has 0 fully saturated rings. The minimum Gasteiger partial charge on any atom is -0.492 e. The summed E-state index contributed by atoms with van der Waals surface area (Å²) in [6, 6.07) is 7.82. The Morgan fingerprint density at radius 2 is 2.00 bits per heavy atom. The maximum absolute atomic E-state index is 12.6. The Balaban J connectivity index is 1.74. The fourth-order valence-electron chi connectivity index (χ4n) is 2.26. The van der Waals surface area contributed by atoms with Crippen molar-refractivity contribution in [3.8, 4) is 5.75 Å². The first-order valence-corrected chi connectivity index (χ1v) is 9.30. The molecule has 1 heterocycles. The van der Waals surface area contributed by atoms with Crippen LogP contribution >= 0.6 is 11.3 Å². The number of rotatable bonds is 7. The maximum atomic E-state index is 12.6. The van der Waals surface area contributed by atoms with Crippen molar-refractivity contribution in [2.75, 3.05) is 33.8 Å². The molecule has 5 nitrogen and oxygen atoms in total. The molecule has 0 amide bonds. The zero-order valence-electron chi connectivity index (χ0n) is 15.5. The van der Waals surface area contributed by atoms with Gasteiger partial charge in [0.15, 0.2) is 11.7 Å². The summed E-state index contributed by atoms with van der Waals surface area (Å²) in [7, 11) is 3.53. The highest BCUT2D eigenvalue weighted by molar-refractivity contribution is 7.09. The molecule has 2 aromatic rings. The van der Waals surface area contributed by atoms with E-state index in [0.717, 1.165) is 22.5 Å². The van der Waals surface area contributed by atoms with Crippen molar-refractivity contribution in [1.82, 2.24) is 15.2 Å². The highest BCUT2D eigenvalue weighted by Crippen LogP contribution is 2.29. The SMILES string of the molecule is CN=C(NCCc1nc(C(F)(F)F)cs1)N(C)CCOc1ccc(C)cc1. The van der Waals surface area contributed by atoms with E-state index in [1.807, 2.05) is 43.1 Å². The first-order valence-electron chi connectivity index (χ1n) is 8.42. The molecule has 1 aromatic carbocycles. The lowest BCUT2D eigenvalue weighted by Gasteiger charge is -2.22. The molecular formula is C18H23F3N4OS. The molecule has 0 radical (unpaired) electrons. The van der Waals surface area contributed by atoms with E-state index >= 15 is 0 Å². The zero-order valence-corrected chi connectivity index (χ0v) is 16.3. The van der Waals surface area contributed by atoms with Gasteiger partial charge in [-0.1, -0.05) is 17.7 Å². The number of nitrogens with zero attached hydrogens (tertiary/aromatic N) is 3. The van der Waals surface area contributed by atoms with Crippen molar-refractivity contribution in [3.05, 3.63) is 45.9 Å². The van der Waals surface area contributed by atoms with Crippen LogP contribution in [0.15, 0.2) is 34.6 Å². The summed E-state index contributed by atoms with van der Waals surface area (Å²) < 4.78 is 43.4. The van der Waals surface area contributed by atoms with E-state index in [0.29, 0.717) is 37.1 Å². The third-order valence-corrected chi connectivity index (χ3v) is 4.66. The molecule has 0 aliphatic carbocycles. The van der Waals surface area contributed by atoms with Gasteiger partial charge in [0.05, 0.1) is 11.6 Å². The highest BCUT2D eigenvalue weighted by Gasteiger charge is 2.33. The minimum atomic E-state index is -4.39. The molecule has 0 saturated heterocycles. The second-order valence-corrected chi connectivity index (χ2v) is 6.87. The molecule has 27 heavy (non-hydrogen) atoms. The molecule has 148 valence electrons. The first kappa shape index (κ1) is 21.0. The summed E-state index contributed by atoms with van der Waals surface area (Å²) in [6.45, 7) is 3.56. The normalized spacial score (nSPS) is 12.1. The second-order valence-electron chi connectivity index (χ2n) is 5.93. The lowest BCUT2D eigenvalue weighted by molar-refractivity contribution is -0.140. The van der Waals surface area contributed by atoms with Crippen LogP contribution in [0.2, 0.25) is 0 Å². The molecule has 1 aromatic heterocycles. The number of likely N-dealkylation sites (N-methyl/N-ethyl adjacent to an activating group) is 1. The quantitative estimate of drug-likeness (QED) is 0.570. The number of thiazole rings is 1. The van der Waals surface area contributed by atoms with Crippen LogP contribution in [-0.4, -0.2) is 49.6 Å². The number of benzene rings is 1. The Hall–Kier alpha value is -2.29. The average molecular weight is 400 g/mol. The van der Waals surface area contributed by atoms with Crippen molar-refractivity contribution in [3.63, 3.8) is 0 Å². The summed E-state index contributed by atoms with van der Waals surface area (Å²) in [6.07, 6.45) is -4.00. The number of halogens is 3. The lowest BCUT2D eigenvalue weighted by atomic mass is 10.2. The van der Waals surface area contributed by atoms with Gasteiger partial charge in [-0.15, -0.1) is 11.3 Å². The number of hydrogen-bond acceptors (Lipinski definition) is 4. The van der Waals surface area contributed by atoms with Gasteiger partial charge in [-0.3, -0.25) is 4.99 Å². The van der Waals surface area contributed by atoms with E-state index in [1.54, 1.807) is 7.05 Å². The minimum absolute atomic E-state index is 0.396. The van der Waals surface area contributed by atoms with Gasteiger partial charge >= 0.3 is 6.18 Å². The van der Waals surface area contributed by atoms with E-state index in [9.17, 15) is 13.2 Å². The Labute approximate surface area is 160 Å². The van der Waals surface area contributed by atoms with Gasteiger partial charge in [-0.25, -0.2) is 4.98 Å². The number of hydrogen-bond donors (Lipinski definition) is 1. The summed E-state index contributed by atoms with van der Waals surface area (Å²) in [5.41, 5.74) is 0.337. The van der Waals surface area contributed by atoms with Gasteiger partial charge in [0, 0.05) is 32.4 Å². The summed E-state index contributed by atoms with van der Waals surface area (Å²) >= 11 is 1.01. The number of aromatic nitrogens is 1. The smallest absolute Gasteiger partial charge is 0.434 e. The Morgan fingerprint density at radius 1 is 1.30 bits per heavy atom. The van der Waals surface area contributed by atoms with E-state index in [1.165, 1.54) is 5.56 Å². The molecule has 0 aliphatic rings. The first-order chi connectivity index (χ1) is 12.8. The molecule has 0 aliphatic heterocycles. The van der Waals surface area contributed by atoms with Gasteiger partial charge in [0.1, 0.15) is 12.4 Å². The molecule has 9 heteroatoms. The molecular weight excluding hydrogens is 377 g/mol. The Kier molecular flexibility index (Phi) is 7.46. The van der Waals surface area contributed by atoms with Crippen LogP contribution in [0.25, 0.3) is 0 Å². The van der Waals surface area contributed by atoms with Crippen LogP contribution in [-0.2, 0) is 12.6 Å². The van der Waals surface area contributed by atoms with Crippen LogP contribution in [0.4, 0.5) is 13.2 Å². The third kappa shape index (κ3) is 6.74. The van der Waals surface area contributed by atoms with Crippen molar-refractivity contribution in [1.29, 1.82) is 0 Å². The summed E-state index contributed by atoms with van der Waals surface area (Å²) in [5, 5.41) is 4.61. The summed E-state index contributed by atoms with van der Waals surface area (Å²) in [4.78, 5) is 9.70. The molecule has 0 atom stereocenters. The number of ether oxygens (including phenoxy) is 1. The maximum Gasteiger partial charge on any atom is 0.434 e. The van der Waals surface area contributed by atoms with Crippen molar-refractivity contribution in [2.45, 2.75) is 19.5 Å². The molecule has 0 spiro atoms. The van der Waals surface area contributed by atoms with E-state index < -0.39 is 11.9 Å². The largest absolute Gasteiger partial charge is 0.492 e. The monoisotopic (exact) mass is 400 g/mol. The van der Waals surface area contributed by atoms with Gasteiger partial charge in [-0.2, -0.15) is 13.2 Å². The fourth-order valence-corrected chi connectivity index (χ4v) is 3.07. The van der Waals surface area contributed by atoms with Crippen LogP contribution in [0.1, 0.15) is 16.3 Å². The van der Waals surface area contributed by atoms with Crippen molar-refractivity contribution in [2.24, 2.45) is 4.99 Å². The van der Waals surface area contributed by atoms with E-state index in [-0.39, 0.29) is 0 Å². The molecule has 0 bridgehead atoms. The average Bonchev–Trinajstić information content (AvgIpc) is 3.09. The molecule has 2 rings (SSSR count). The molecule has 0 saturated carbocycles. The predicted molar refractivity (Wildman–Crippen MR) is 101 cm³/mol. The van der Waals surface area contributed by atoms with Gasteiger partial charge in [0.25, 0.3) is 0 Å². The van der Waals surface area contributed by atoms with E-state index in [2.05, 4.69) is 15.3 Å². The topological polar surface area (TPSA) is 49.8 Å². The Morgan fingerprint density at radius 3 is 2.59 bits per heavy atom. The Bertz CT molecular complexity index is 744. The van der Waals surface area contributed by atoms with Gasteiger partial charge in [-0.05, 0) is 19.1 Å². The van der Waals surface area contributed by atoms with Gasteiger partial charge in [0.2, 0.25) is 0 Å². The second kappa shape index (κ2) is 9.59.